The summed E-state index contributed by atoms with van der Waals surface area (Å²) < 4.78 is 13.7. The highest BCUT2D eigenvalue weighted by molar-refractivity contribution is 9.10. The van der Waals surface area contributed by atoms with Gasteiger partial charge in [0.2, 0.25) is 0 Å². The van der Waals surface area contributed by atoms with Gasteiger partial charge in [-0.05, 0) is 41.4 Å². The molecule has 126 valence electrons. The van der Waals surface area contributed by atoms with Gasteiger partial charge in [0.15, 0.2) is 0 Å². The summed E-state index contributed by atoms with van der Waals surface area (Å²) in [7, 11) is 1.62. The van der Waals surface area contributed by atoms with Crippen molar-refractivity contribution in [1.29, 1.82) is 0 Å². The highest BCUT2D eigenvalue weighted by atomic mass is 79.9. The molecule has 1 aromatic carbocycles. The Morgan fingerprint density at radius 2 is 2.04 bits per heavy atom. The lowest BCUT2D eigenvalue weighted by atomic mass is 10.1. The standard InChI is InChI=1S/C17H21Br2NO3/c1-4-6-7-20-13-9-12(19)15(22-3)8-11(13)16(14(20)10-18)17(21)23-5-2/h8-9H,4-7,10H2,1-3H3. The summed E-state index contributed by atoms with van der Waals surface area (Å²) in [6, 6.07) is 3.92. The van der Waals surface area contributed by atoms with E-state index >= 15 is 0 Å². The first kappa shape index (κ1) is 18.3. The minimum absolute atomic E-state index is 0.286. The second kappa shape index (κ2) is 8.20. The largest absolute Gasteiger partial charge is 0.496 e. The molecule has 0 saturated heterocycles. The van der Waals surface area contributed by atoms with Gasteiger partial charge in [-0.25, -0.2) is 4.79 Å². The molecule has 6 heteroatoms. The fourth-order valence-electron chi connectivity index (χ4n) is 2.70. The zero-order valence-electron chi connectivity index (χ0n) is 13.6. The van der Waals surface area contributed by atoms with Gasteiger partial charge in [0, 0.05) is 23.0 Å². The van der Waals surface area contributed by atoms with E-state index in [-0.39, 0.29) is 5.97 Å². The molecule has 4 nitrogen and oxygen atoms in total. The van der Waals surface area contributed by atoms with Crippen LogP contribution in [0.1, 0.15) is 42.7 Å². The Bertz CT molecular complexity index is 710. The molecule has 1 heterocycles. The van der Waals surface area contributed by atoms with Gasteiger partial charge >= 0.3 is 5.97 Å². The van der Waals surface area contributed by atoms with Gasteiger partial charge in [-0.2, -0.15) is 0 Å². The van der Waals surface area contributed by atoms with Crippen LogP contribution in [0, 0.1) is 0 Å². The lowest BCUT2D eigenvalue weighted by Gasteiger charge is -2.10. The van der Waals surface area contributed by atoms with Crippen molar-refractivity contribution < 1.29 is 14.3 Å². The smallest absolute Gasteiger partial charge is 0.340 e. The molecule has 0 atom stereocenters. The van der Waals surface area contributed by atoms with Gasteiger partial charge in [0.25, 0.3) is 0 Å². The SMILES string of the molecule is CCCCn1c(CBr)c(C(=O)OCC)c2cc(OC)c(Br)cc21. The summed E-state index contributed by atoms with van der Waals surface area (Å²) >= 11 is 7.07. The third-order valence-electron chi connectivity index (χ3n) is 3.79. The monoisotopic (exact) mass is 445 g/mol. The maximum absolute atomic E-state index is 12.5. The minimum atomic E-state index is -0.286. The Morgan fingerprint density at radius 3 is 2.61 bits per heavy atom. The average molecular weight is 447 g/mol. The molecule has 2 aromatic rings. The summed E-state index contributed by atoms with van der Waals surface area (Å²) in [4.78, 5) is 12.5. The third kappa shape index (κ3) is 3.58. The summed E-state index contributed by atoms with van der Waals surface area (Å²) in [5.41, 5.74) is 2.59. The molecule has 0 bridgehead atoms. The van der Waals surface area contributed by atoms with Crippen molar-refractivity contribution in [3.8, 4) is 5.75 Å². The molecular weight excluding hydrogens is 426 g/mol. The number of aromatic nitrogens is 1. The van der Waals surface area contributed by atoms with E-state index in [9.17, 15) is 4.79 Å². The van der Waals surface area contributed by atoms with Crippen LogP contribution in [0.2, 0.25) is 0 Å². The number of aryl methyl sites for hydroxylation is 1. The molecule has 2 rings (SSSR count). The first-order chi connectivity index (χ1) is 11.1. The second-order valence-electron chi connectivity index (χ2n) is 5.18. The Hall–Kier alpha value is -1.01. The van der Waals surface area contributed by atoms with Crippen molar-refractivity contribution in [2.75, 3.05) is 13.7 Å². The number of rotatable bonds is 7. The van der Waals surface area contributed by atoms with E-state index in [4.69, 9.17) is 9.47 Å². The van der Waals surface area contributed by atoms with Crippen LogP contribution in [0.5, 0.6) is 5.75 Å². The number of esters is 1. The number of nitrogens with zero attached hydrogens (tertiary/aromatic N) is 1. The Morgan fingerprint density at radius 1 is 1.30 bits per heavy atom. The Kier molecular flexibility index (Phi) is 6.53. The molecule has 0 fully saturated rings. The molecule has 23 heavy (non-hydrogen) atoms. The zero-order chi connectivity index (χ0) is 17.0. The highest BCUT2D eigenvalue weighted by Gasteiger charge is 2.24. The molecule has 0 unspecified atom stereocenters. The van der Waals surface area contributed by atoms with Crippen LogP contribution in [0.25, 0.3) is 10.9 Å². The summed E-state index contributed by atoms with van der Waals surface area (Å²) in [5.74, 6) is 0.420. The van der Waals surface area contributed by atoms with E-state index < -0.39 is 0 Å². The van der Waals surface area contributed by atoms with E-state index in [1.807, 2.05) is 19.1 Å². The van der Waals surface area contributed by atoms with Crippen LogP contribution >= 0.6 is 31.9 Å². The second-order valence-corrected chi connectivity index (χ2v) is 6.60. The van der Waals surface area contributed by atoms with Crippen LogP contribution in [0.15, 0.2) is 16.6 Å². The Labute approximate surface area is 153 Å². The number of fused-ring (bicyclic) bond motifs is 1. The van der Waals surface area contributed by atoms with Crippen LogP contribution < -0.4 is 4.74 Å². The number of carbonyl (C=O) groups excluding carboxylic acids is 1. The molecule has 0 N–H and O–H groups in total. The van der Waals surface area contributed by atoms with Gasteiger partial charge in [-0.3, -0.25) is 0 Å². The molecule has 0 aliphatic carbocycles. The van der Waals surface area contributed by atoms with E-state index in [1.54, 1.807) is 7.11 Å². The normalized spacial score (nSPS) is 11.0. The van der Waals surface area contributed by atoms with Gasteiger partial charge in [-0.15, -0.1) is 0 Å². The number of halogens is 2. The first-order valence-electron chi connectivity index (χ1n) is 7.70. The topological polar surface area (TPSA) is 40.5 Å². The fourth-order valence-corrected chi connectivity index (χ4v) is 3.78. The molecule has 0 radical (unpaired) electrons. The molecule has 0 aliphatic heterocycles. The van der Waals surface area contributed by atoms with Crippen molar-refractivity contribution in [2.45, 2.75) is 38.6 Å². The molecule has 0 spiro atoms. The lowest BCUT2D eigenvalue weighted by molar-refractivity contribution is 0.0527. The van der Waals surface area contributed by atoms with Crippen molar-refractivity contribution in [3.63, 3.8) is 0 Å². The number of alkyl halides is 1. The summed E-state index contributed by atoms with van der Waals surface area (Å²) in [6.45, 7) is 5.20. The van der Waals surface area contributed by atoms with Crippen molar-refractivity contribution >= 4 is 48.7 Å². The van der Waals surface area contributed by atoms with Gasteiger partial charge in [-0.1, -0.05) is 29.3 Å². The number of unbranched alkanes of at least 4 members (excludes halogenated alkanes) is 1. The maximum atomic E-state index is 12.5. The highest BCUT2D eigenvalue weighted by Crippen LogP contribution is 2.36. The summed E-state index contributed by atoms with van der Waals surface area (Å²) in [6.07, 6.45) is 2.14. The van der Waals surface area contributed by atoms with E-state index in [0.717, 1.165) is 40.5 Å². The lowest BCUT2D eigenvalue weighted by Crippen LogP contribution is -2.09. The quantitative estimate of drug-likeness (QED) is 0.428. The number of carbonyl (C=O) groups is 1. The average Bonchev–Trinajstić information content (AvgIpc) is 2.84. The third-order valence-corrected chi connectivity index (χ3v) is 4.94. The van der Waals surface area contributed by atoms with E-state index in [1.165, 1.54) is 0 Å². The molecular formula is C17H21Br2NO3. The number of benzene rings is 1. The minimum Gasteiger partial charge on any atom is -0.496 e. The zero-order valence-corrected chi connectivity index (χ0v) is 16.8. The number of methoxy groups -OCH3 is 1. The van der Waals surface area contributed by atoms with E-state index in [0.29, 0.717) is 23.2 Å². The van der Waals surface area contributed by atoms with Crippen molar-refractivity contribution in [3.05, 3.63) is 27.9 Å². The van der Waals surface area contributed by atoms with E-state index in [2.05, 4.69) is 43.4 Å². The predicted octanol–water partition coefficient (Wildman–Crippen LogP) is 5.28. The van der Waals surface area contributed by atoms with Crippen molar-refractivity contribution in [1.82, 2.24) is 4.57 Å². The fraction of sp³-hybridized carbons (Fsp3) is 0.471. The molecule has 0 aliphatic rings. The van der Waals surface area contributed by atoms with Crippen LogP contribution in [-0.2, 0) is 16.6 Å². The Balaban J connectivity index is 2.76. The molecule has 1 aromatic heterocycles. The number of hydrogen-bond acceptors (Lipinski definition) is 3. The summed E-state index contributed by atoms with van der Waals surface area (Å²) in [5, 5.41) is 1.47. The van der Waals surface area contributed by atoms with Crippen LogP contribution in [-0.4, -0.2) is 24.3 Å². The molecule has 0 amide bonds. The van der Waals surface area contributed by atoms with Gasteiger partial charge < -0.3 is 14.0 Å². The predicted molar refractivity (Wildman–Crippen MR) is 99.7 cm³/mol. The van der Waals surface area contributed by atoms with Crippen LogP contribution in [0.4, 0.5) is 0 Å². The van der Waals surface area contributed by atoms with Gasteiger partial charge in [0.1, 0.15) is 5.75 Å². The molecule has 0 saturated carbocycles. The van der Waals surface area contributed by atoms with Crippen LogP contribution in [0.3, 0.4) is 0 Å². The number of ether oxygens (including phenoxy) is 2. The number of hydrogen-bond donors (Lipinski definition) is 0. The van der Waals surface area contributed by atoms with Gasteiger partial charge in [0.05, 0.1) is 29.3 Å². The van der Waals surface area contributed by atoms with Crippen molar-refractivity contribution in [2.24, 2.45) is 0 Å². The first-order valence-corrected chi connectivity index (χ1v) is 9.62. The maximum Gasteiger partial charge on any atom is 0.340 e.